The predicted octanol–water partition coefficient (Wildman–Crippen LogP) is 1.04. The van der Waals surface area contributed by atoms with Gasteiger partial charge in [-0.05, 0) is 56.0 Å². The number of benzene rings is 1. The molecule has 0 aromatic heterocycles. The third-order valence-corrected chi connectivity index (χ3v) is 5.14. The van der Waals surface area contributed by atoms with E-state index in [1.807, 2.05) is 17.0 Å². The number of nitrogens with one attached hydrogen (secondary N) is 2. The molecule has 1 atom stereocenters. The molecule has 2 amide bonds. The van der Waals surface area contributed by atoms with Crippen molar-refractivity contribution in [3.8, 4) is 6.07 Å². The normalized spacial score (nSPS) is 21.4. The number of carbonyl (C=O) groups is 3. The highest BCUT2D eigenvalue weighted by Gasteiger charge is 2.27. The predicted molar refractivity (Wildman–Crippen MR) is 97.0 cm³/mol. The van der Waals surface area contributed by atoms with Gasteiger partial charge in [-0.25, -0.2) is 0 Å². The first-order valence-corrected chi connectivity index (χ1v) is 9.04. The van der Waals surface area contributed by atoms with Gasteiger partial charge in [0.15, 0.2) is 0 Å². The number of carboxylic acids is 1. The zero-order valence-electron chi connectivity index (χ0n) is 14.9. The Morgan fingerprint density at radius 1 is 1.30 bits per heavy atom. The Morgan fingerprint density at radius 3 is 2.67 bits per heavy atom. The smallest absolute Gasteiger partial charge is 0.317 e. The molecule has 0 aliphatic carbocycles. The van der Waals surface area contributed by atoms with E-state index < -0.39 is 12.0 Å². The maximum absolute atomic E-state index is 11.9. The molecule has 8 nitrogen and oxygen atoms in total. The van der Waals surface area contributed by atoms with Gasteiger partial charge in [-0.15, -0.1) is 0 Å². The van der Waals surface area contributed by atoms with Gasteiger partial charge in [0.2, 0.25) is 11.8 Å². The highest BCUT2D eigenvalue weighted by atomic mass is 16.4. The molecule has 0 saturated carbocycles. The molecule has 0 spiro atoms. The van der Waals surface area contributed by atoms with Crippen LogP contribution in [0, 0.1) is 11.3 Å². The highest BCUT2D eigenvalue weighted by Crippen LogP contribution is 2.31. The number of nitrogens with zero attached hydrogens (tertiary/aromatic N) is 2. The molecule has 27 heavy (non-hydrogen) atoms. The second-order valence-electron chi connectivity index (χ2n) is 7.01. The van der Waals surface area contributed by atoms with E-state index >= 15 is 0 Å². The average molecular weight is 370 g/mol. The van der Waals surface area contributed by atoms with E-state index in [4.69, 9.17) is 5.11 Å². The number of nitriles is 1. The second kappa shape index (κ2) is 8.18. The Labute approximate surface area is 157 Å². The van der Waals surface area contributed by atoms with Crippen molar-refractivity contribution in [1.82, 2.24) is 10.2 Å². The molecule has 3 N–H and O–H groups in total. The maximum atomic E-state index is 11.9. The number of rotatable bonds is 5. The van der Waals surface area contributed by atoms with Gasteiger partial charge in [-0.1, -0.05) is 6.07 Å². The van der Waals surface area contributed by atoms with Crippen LogP contribution in [0.5, 0.6) is 0 Å². The molecule has 0 bridgehead atoms. The minimum Gasteiger partial charge on any atom is -0.480 e. The van der Waals surface area contributed by atoms with E-state index in [2.05, 4.69) is 16.7 Å². The lowest BCUT2D eigenvalue weighted by molar-refractivity contribution is -0.138. The topological polar surface area (TPSA) is 123 Å². The summed E-state index contributed by atoms with van der Waals surface area (Å²) in [5.41, 5.74) is 2.19. The molecular weight excluding hydrogens is 348 g/mol. The molecule has 2 saturated heterocycles. The molecule has 142 valence electrons. The van der Waals surface area contributed by atoms with Crippen LogP contribution in [0.2, 0.25) is 0 Å². The lowest BCUT2D eigenvalue weighted by Crippen LogP contribution is -2.47. The van der Waals surface area contributed by atoms with Crippen LogP contribution in [-0.4, -0.2) is 53.5 Å². The van der Waals surface area contributed by atoms with Gasteiger partial charge < -0.3 is 10.4 Å². The van der Waals surface area contributed by atoms with Crippen LogP contribution in [0.25, 0.3) is 0 Å². The SMILES string of the molecule is N#Cc1cc(NC2CCC(=O)NC2=O)ccc1C1CCN(CC(=O)O)CC1. The molecule has 1 aromatic carbocycles. The lowest BCUT2D eigenvalue weighted by Gasteiger charge is -2.31. The number of aliphatic carboxylic acids is 1. The zero-order valence-corrected chi connectivity index (χ0v) is 14.9. The quantitative estimate of drug-likeness (QED) is 0.662. The molecule has 8 heteroatoms. The number of carbonyl (C=O) groups excluding carboxylic acids is 2. The zero-order chi connectivity index (χ0) is 19.4. The third-order valence-electron chi connectivity index (χ3n) is 5.14. The van der Waals surface area contributed by atoms with Crippen LogP contribution in [0.3, 0.4) is 0 Å². The van der Waals surface area contributed by atoms with Crippen LogP contribution < -0.4 is 10.6 Å². The van der Waals surface area contributed by atoms with Crippen LogP contribution >= 0.6 is 0 Å². The number of amides is 2. The summed E-state index contributed by atoms with van der Waals surface area (Å²) in [5.74, 6) is -1.22. The number of likely N-dealkylation sites (tertiary alicyclic amines) is 1. The summed E-state index contributed by atoms with van der Waals surface area (Å²) >= 11 is 0. The Hall–Kier alpha value is -2.92. The Morgan fingerprint density at radius 2 is 2.04 bits per heavy atom. The van der Waals surface area contributed by atoms with Crippen molar-refractivity contribution in [3.05, 3.63) is 29.3 Å². The number of hydrogen-bond donors (Lipinski definition) is 3. The van der Waals surface area contributed by atoms with E-state index in [-0.39, 0.29) is 24.3 Å². The molecular formula is C19H22N4O4. The fraction of sp³-hybridized carbons (Fsp3) is 0.474. The fourth-order valence-electron chi connectivity index (χ4n) is 3.72. The minimum absolute atomic E-state index is 0.0483. The maximum Gasteiger partial charge on any atom is 0.317 e. The molecule has 2 fully saturated rings. The summed E-state index contributed by atoms with van der Waals surface area (Å²) in [6, 6.07) is 7.24. The average Bonchev–Trinajstić information content (AvgIpc) is 2.64. The molecule has 1 aromatic rings. The van der Waals surface area contributed by atoms with Crippen molar-refractivity contribution in [2.75, 3.05) is 25.0 Å². The molecule has 2 aliphatic rings. The van der Waals surface area contributed by atoms with Gasteiger partial charge in [0.05, 0.1) is 18.2 Å². The van der Waals surface area contributed by atoms with Crippen LogP contribution in [0.1, 0.15) is 42.7 Å². The Balaban J connectivity index is 1.66. The number of piperidine rings is 2. The Bertz CT molecular complexity index is 793. The summed E-state index contributed by atoms with van der Waals surface area (Å²) in [4.78, 5) is 35.8. The summed E-state index contributed by atoms with van der Waals surface area (Å²) in [6.07, 6.45) is 2.33. The largest absolute Gasteiger partial charge is 0.480 e. The molecule has 1 unspecified atom stereocenters. The van der Waals surface area contributed by atoms with Crippen LogP contribution in [-0.2, 0) is 14.4 Å². The van der Waals surface area contributed by atoms with Crippen molar-refractivity contribution in [3.63, 3.8) is 0 Å². The first kappa shape index (κ1) is 18.9. The van der Waals surface area contributed by atoms with Gasteiger partial charge in [-0.3, -0.25) is 24.6 Å². The monoisotopic (exact) mass is 370 g/mol. The van der Waals surface area contributed by atoms with Crippen LogP contribution in [0.4, 0.5) is 5.69 Å². The number of anilines is 1. The summed E-state index contributed by atoms with van der Waals surface area (Å²) < 4.78 is 0. The van der Waals surface area contributed by atoms with E-state index in [0.29, 0.717) is 37.2 Å². The van der Waals surface area contributed by atoms with Crippen molar-refractivity contribution in [2.45, 2.75) is 37.6 Å². The van der Waals surface area contributed by atoms with Gasteiger partial charge in [0.1, 0.15) is 6.04 Å². The second-order valence-corrected chi connectivity index (χ2v) is 7.01. The number of imide groups is 1. The minimum atomic E-state index is -0.824. The van der Waals surface area contributed by atoms with Crippen molar-refractivity contribution >= 4 is 23.5 Å². The summed E-state index contributed by atoms with van der Waals surface area (Å²) in [6.45, 7) is 1.43. The number of hydrogen-bond acceptors (Lipinski definition) is 6. The van der Waals surface area contributed by atoms with Gasteiger partial charge in [0.25, 0.3) is 0 Å². The fourth-order valence-corrected chi connectivity index (χ4v) is 3.72. The number of carboxylic acid groups (broad SMARTS) is 1. The van der Waals surface area contributed by atoms with Gasteiger partial charge in [0, 0.05) is 12.1 Å². The highest BCUT2D eigenvalue weighted by molar-refractivity contribution is 6.01. The van der Waals surface area contributed by atoms with Crippen molar-refractivity contribution < 1.29 is 19.5 Å². The molecule has 2 heterocycles. The van der Waals surface area contributed by atoms with E-state index in [9.17, 15) is 19.6 Å². The van der Waals surface area contributed by atoms with Gasteiger partial charge in [-0.2, -0.15) is 5.26 Å². The lowest BCUT2D eigenvalue weighted by atomic mass is 9.86. The van der Waals surface area contributed by atoms with Crippen LogP contribution in [0.15, 0.2) is 18.2 Å². The molecule has 0 radical (unpaired) electrons. The van der Waals surface area contributed by atoms with E-state index in [1.54, 1.807) is 6.07 Å². The van der Waals surface area contributed by atoms with Crippen molar-refractivity contribution in [1.29, 1.82) is 5.26 Å². The standard InChI is InChI=1S/C19H22N4O4/c20-10-13-9-14(21-16-3-4-17(24)22-19(16)27)1-2-15(13)12-5-7-23(8-6-12)11-18(25)26/h1-2,9,12,16,21H,3-8,11H2,(H,25,26)(H,22,24,27). The molecule has 2 aliphatic heterocycles. The molecule has 3 rings (SSSR count). The Kier molecular flexibility index (Phi) is 5.72. The summed E-state index contributed by atoms with van der Waals surface area (Å²) in [5, 5.41) is 23.8. The van der Waals surface area contributed by atoms with Crippen molar-refractivity contribution in [2.24, 2.45) is 0 Å². The van der Waals surface area contributed by atoms with E-state index in [0.717, 1.165) is 18.4 Å². The third kappa shape index (κ3) is 4.63. The van der Waals surface area contributed by atoms with Gasteiger partial charge >= 0.3 is 5.97 Å². The first-order valence-electron chi connectivity index (χ1n) is 9.04. The van der Waals surface area contributed by atoms with E-state index in [1.165, 1.54) is 0 Å². The summed E-state index contributed by atoms with van der Waals surface area (Å²) in [7, 11) is 0. The first-order chi connectivity index (χ1) is 13.0.